The van der Waals surface area contributed by atoms with E-state index in [0.717, 1.165) is 25.7 Å². The lowest BCUT2D eigenvalue weighted by Gasteiger charge is -2.26. The van der Waals surface area contributed by atoms with E-state index in [0.29, 0.717) is 24.1 Å². The second-order valence-corrected chi connectivity index (χ2v) is 7.47. The number of halogens is 3. The van der Waals surface area contributed by atoms with Gasteiger partial charge in [-0.2, -0.15) is 18.3 Å². The lowest BCUT2D eigenvalue weighted by molar-refractivity contribution is -0.144. The minimum absolute atomic E-state index is 0.315. The van der Waals surface area contributed by atoms with Crippen LogP contribution in [0.1, 0.15) is 64.8 Å². The van der Waals surface area contributed by atoms with Crippen molar-refractivity contribution in [3.63, 3.8) is 0 Å². The van der Waals surface area contributed by atoms with E-state index in [1.807, 2.05) is 20.8 Å². The van der Waals surface area contributed by atoms with Crippen LogP contribution in [0, 0.1) is 11.8 Å². The van der Waals surface area contributed by atoms with Crippen LogP contribution < -0.4 is 0 Å². The monoisotopic (exact) mass is 302 g/mol. The number of nitrogens with zero attached hydrogens (tertiary/aromatic N) is 2. The smallest absolute Gasteiger partial charge is 0.260 e. The number of hydrogen-bond donors (Lipinski definition) is 0. The quantitative estimate of drug-likeness (QED) is 0.749. The van der Waals surface area contributed by atoms with Gasteiger partial charge in [0, 0.05) is 12.0 Å². The summed E-state index contributed by atoms with van der Waals surface area (Å²) in [6, 6.07) is 1.21. The average Bonchev–Trinajstić information content (AvgIpc) is 2.75. The van der Waals surface area contributed by atoms with Gasteiger partial charge in [-0.05, 0) is 30.7 Å². The fourth-order valence-electron chi connectivity index (χ4n) is 2.91. The maximum atomic E-state index is 13.2. The van der Waals surface area contributed by atoms with E-state index in [1.165, 1.54) is 10.7 Å². The lowest BCUT2D eigenvalue weighted by atomic mass is 9.83. The van der Waals surface area contributed by atoms with Crippen LogP contribution in [0.15, 0.2) is 6.07 Å². The van der Waals surface area contributed by atoms with Crippen LogP contribution in [0.25, 0.3) is 0 Å². The summed E-state index contributed by atoms with van der Waals surface area (Å²) in [5.41, 5.74) is -0.461. The molecule has 0 atom stereocenters. The van der Waals surface area contributed by atoms with Crippen LogP contribution in [0.2, 0.25) is 0 Å². The molecule has 1 aromatic heterocycles. The van der Waals surface area contributed by atoms with E-state index < -0.39 is 11.9 Å². The zero-order valence-electron chi connectivity index (χ0n) is 13.3. The highest BCUT2D eigenvalue weighted by atomic mass is 19.4. The molecule has 21 heavy (non-hydrogen) atoms. The van der Waals surface area contributed by atoms with Crippen molar-refractivity contribution in [2.24, 2.45) is 11.8 Å². The molecule has 1 saturated carbocycles. The summed E-state index contributed by atoms with van der Waals surface area (Å²) in [6.07, 6.45) is -0.108. The fourth-order valence-corrected chi connectivity index (χ4v) is 2.91. The zero-order valence-corrected chi connectivity index (χ0v) is 13.3. The molecular formula is C16H25F3N2. The van der Waals surface area contributed by atoms with Crippen molar-refractivity contribution in [3.8, 4) is 0 Å². The molecule has 0 saturated heterocycles. The minimum Gasteiger partial charge on any atom is -0.260 e. The summed E-state index contributed by atoms with van der Waals surface area (Å²) in [5, 5.41) is 4.26. The van der Waals surface area contributed by atoms with E-state index in [-0.39, 0.29) is 5.41 Å². The van der Waals surface area contributed by atoms with Crippen molar-refractivity contribution in [2.75, 3.05) is 0 Å². The first kappa shape index (κ1) is 16.4. The molecule has 2 nitrogen and oxygen atoms in total. The number of aromatic nitrogens is 2. The van der Waals surface area contributed by atoms with Crippen molar-refractivity contribution < 1.29 is 13.2 Å². The van der Waals surface area contributed by atoms with Crippen molar-refractivity contribution in [1.82, 2.24) is 9.78 Å². The van der Waals surface area contributed by atoms with Crippen molar-refractivity contribution in [3.05, 3.63) is 17.5 Å². The zero-order chi connectivity index (χ0) is 15.8. The first-order valence-electron chi connectivity index (χ1n) is 7.73. The molecule has 0 amide bonds. The summed E-state index contributed by atoms with van der Waals surface area (Å²) >= 11 is 0. The molecule has 5 heteroatoms. The number of hydrogen-bond acceptors (Lipinski definition) is 1. The molecule has 1 aliphatic rings. The van der Waals surface area contributed by atoms with Gasteiger partial charge >= 0.3 is 6.18 Å². The fraction of sp³-hybridized carbons (Fsp3) is 0.812. The van der Waals surface area contributed by atoms with Gasteiger partial charge in [-0.15, -0.1) is 0 Å². The molecule has 1 aromatic rings. The Kier molecular flexibility index (Phi) is 4.41. The molecule has 1 aliphatic carbocycles. The molecule has 1 fully saturated rings. The highest BCUT2D eigenvalue weighted by Crippen LogP contribution is 2.35. The van der Waals surface area contributed by atoms with Crippen LogP contribution in [0.3, 0.4) is 0 Å². The average molecular weight is 302 g/mol. The summed E-state index contributed by atoms with van der Waals surface area (Å²) in [5.74, 6) is 1.01. The standard InChI is InChI=1S/C16H25F3N2/c1-11-5-7-12(8-6-11)10-21-14(16(17,18)19)9-13(20-21)15(2,3)4/h9,11-12H,5-8,10H2,1-4H3. The maximum absolute atomic E-state index is 13.2. The topological polar surface area (TPSA) is 17.8 Å². The van der Waals surface area contributed by atoms with E-state index >= 15 is 0 Å². The number of alkyl halides is 3. The van der Waals surface area contributed by atoms with Gasteiger partial charge in [-0.1, -0.05) is 40.5 Å². The molecule has 1 heterocycles. The van der Waals surface area contributed by atoms with E-state index in [1.54, 1.807) is 0 Å². The molecule has 0 unspecified atom stereocenters. The lowest BCUT2D eigenvalue weighted by Crippen LogP contribution is -2.22. The molecule has 120 valence electrons. The Labute approximate surface area is 124 Å². The third-order valence-electron chi connectivity index (χ3n) is 4.41. The van der Waals surface area contributed by atoms with Gasteiger partial charge in [0.05, 0.1) is 5.69 Å². The molecule has 0 radical (unpaired) electrons. The van der Waals surface area contributed by atoms with Crippen LogP contribution in [0.4, 0.5) is 13.2 Å². The summed E-state index contributed by atoms with van der Waals surface area (Å²) in [4.78, 5) is 0. The van der Waals surface area contributed by atoms with E-state index in [2.05, 4.69) is 12.0 Å². The van der Waals surface area contributed by atoms with Crippen LogP contribution >= 0.6 is 0 Å². The molecule has 0 aromatic carbocycles. The molecular weight excluding hydrogens is 277 g/mol. The Morgan fingerprint density at radius 3 is 2.19 bits per heavy atom. The Morgan fingerprint density at radius 2 is 1.71 bits per heavy atom. The van der Waals surface area contributed by atoms with Crippen LogP contribution in [0.5, 0.6) is 0 Å². The van der Waals surface area contributed by atoms with Gasteiger partial charge in [0.2, 0.25) is 0 Å². The van der Waals surface area contributed by atoms with Crippen LogP contribution in [-0.4, -0.2) is 9.78 Å². The predicted octanol–water partition coefficient (Wildman–Crippen LogP) is 5.03. The predicted molar refractivity (Wildman–Crippen MR) is 77.1 cm³/mol. The molecule has 0 bridgehead atoms. The molecule has 0 N–H and O–H groups in total. The Balaban J connectivity index is 2.23. The van der Waals surface area contributed by atoms with Crippen molar-refractivity contribution in [1.29, 1.82) is 0 Å². The molecule has 0 spiro atoms. The Bertz CT molecular complexity index is 475. The first-order valence-corrected chi connectivity index (χ1v) is 7.73. The Morgan fingerprint density at radius 1 is 1.14 bits per heavy atom. The van der Waals surface area contributed by atoms with Gasteiger partial charge in [-0.25, -0.2) is 0 Å². The maximum Gasteiger partial charge on any atom is 0.433 e. The van der Waals surface area contributed by atoms with Gasteiger partial charge in [0.25, 0.3) is 0 Å². The normalized spacial score (nSPS) is 24.3. The summed E-state index contributed by atoms with van der Waals surface area (Å²) < 4.78 is 40.8. The van der Waals surface area contributed by atoms with Gasteiger partial charge in [-0.3, -0.25) is 4.68 Å². The minimum atomic E-state index is -4.33. The van der Waals surface area contributed by atoms with Gasteiger partial charge in [0.15, 0.2) is 0 Å². The van der Waals surface area contributed by atoms with Crippen molar-refractivity contribution >= 4 is 0 Å². The Hall–Kier alpha value is -1.00. The molecule has 0 aliphatic heterocycles. The number of rotatable bonds is 2. The van der Waals surface area contributed by atoms with E-state index in [4.69, 9.17) is 0 Å². The van der Waals surface area contributed by atoms with Gasteiger partial charge in [0.1, 0.15) is 5.69 Å². The van der Waals surface area contributed by atoms with Crippen LogP contribution in [-0.2, 0) is 18.1 Å². The van der Waals surface area contributed by atoms with E-state index in [9.17, 15) is 13.2 Å². The second kappa shape index (κ2) is 5.65. The first-order chi connectivity index (χ1) is 9.57. The second-order valence-electron chi connectivity index (χ2n) is 7.47. The van der Waals surface area contributed by atoms with Crippen molar-refractivity contribution in [2.45, 2.75) is 71.5 Å². The third-order valence-corrected chi connectivity index (χ3v) is 4.41. The highest BCUT2D eigenvalue weighted by molar-refractivity contribution is 5.19. The van der Waals surface area contributed by atoms with Gasteiger partial charge < -0.3 is 0 Å². The molecule has 2 rings (SSSR count). The third kappa shape index (κ3) is 4.01. The summed E-state index contributed by atoms with van der Waals surface area (Å²) in [6.45, 7) is 8.27. The summed E-state index contributed by atoms with van der Waals surface area (Å²) in [7, 11) is 0. The largest absolute Gasteiger partial charge is 0.433 e. The SMILES string of the molecule is CC1CCC(Cn2nc(C(C)(C)C)cc2C(F)(F)F)CC1. The highest BCUT2D eigenvalue weighted by Gasteiger charge is 2.37.